The van der Waals surface area contributed by atoms with Crippen LogP contribution in [0.4, 0.5) is 0 Å². The van der Waals surface area contributed by atoms with Gasteiger partial charge in [0.25, 0.3) is 0 Å². The van der Waals surface area contributed by atoms with E-state index < -0.39 is 0 Å². The molecule has 0 aliphatic carbocycles. The number of thiophene rings is 4. The first-order valence-electron chi connectivity index (χ1n) is 10.3. The molecule has 4 heterocycles. The first-order valence-corrected chi connectivity index (χ1v) is 14.2. The van der Waals surface area contributed by atoms with E-state index in [4.69, 9.17) is 0 Å². The second-order valence-electron chi connectivity index (χ2n) is 7.17. The average molecular weight is 475 g/mol. The predicted octanol–water partition coefficient (Wildman–Crippen LogP) is 9.75. The van der Waals surface area contributed by atoms with Crippen molar-refractivity contribution in [1.29, 1.82) is 0 Å². The van der Waals surface area contributed by atoms with Gasteiger partial charge in [-0.15, -0.1) is 45.3 Å². The van der Waals surface area contributed by atoms with Gasteiger partial charge in [-0.05, 0) is 72.9 Å². The molecule has 0 bridgehead atoms. The molecule has 0 nitrogen and oxygen atoms in total. The van der Waals surface area contributed by atoms with Crippen molar-refractivity contribution in [3.8, 4) is 29.3 Å². The Morgan fingerprint density at radius 1 is 0.552 bits per heavy atom. The number of hydrogen-bond acceptors (Lipinski definition) is 5. The molecule has 0 atom stereocenters. The molecule has 0 aromatic carbocycles. The molecule has 0 spiro atoms. The Labute approximate surface area is 195 Å². The minimum atomic E-state index is 1.03. The lowest BCUT2D eigenvalue weighted by Gasteiger charge is -2.00. The van der Waals surface area contributed by atoms with Crippen LogP contribution in [0.1, 0.15) is 43.4 Å². The van der Waals surface area contributed by atoms with Crippen molar-refractivity contribution in [2.45, 2.75) is 44.9 Å². The van der Waals surface area contributed by atoms with Crippen LogP contribution in [-0.2, 0) is 6.42 Å². The molecule has 0 saturated heterocycles. The summed E-state index contributed by atoms with van der Waals surface area (Å²) >= 11 is 11.9. The van der Waals surface area contributed by atoms with Crippen LogP contribution >= 0.6 is 58.0 Å². The first kappa shape index (κ1) is 21.4. The highest BCUT2D eigenvalue weighted by Crippen LogP contribution is 2.42. The van der Waals surface area contributed by atoms with Gasteiger partial charge < -0.3 is 0 Å². The molecule has 0 aliphatic heterocycles. The summed E-state index contributed by atoms with van der Waals surface area (Å²) in [7, 11) is 0. The lowest BCUT2D eigenvalue weighted by molar-refractivity contribution is 0.611. The van der Waals surface area contributed by atoms with Crippen molar-refractivity contribution in [2.75, 3.05) is 5.75 Å². The highest BCUT2D eigenvalue weighted by atomic mass is 32.1. The second-order valence-corrected chi connectivity index (χ2v) is 11.9. The minimum absolute atomic E-state index is 1.03. The normalized spacial score (nSPS) is 11.3. The Morgan fingerprint density at radius 3 is 1.72 bits per heavy atom. The number of unbranched alkanes of at least 4 members (excludes halogenated alkanes) is 5. The van der Waals surface area contributed by atoms with Crippen LogP contribution in [0.2, 0.25) is 0 Å². The van der Waals surface area contributed by atoms with Gasteiger partial charge in [-0.1, -0.05) is 31.7 Å². The third-order valence-electron chi connectivity index (χ3n) is 4.95. The zero-order valence-electron chi connectivity index (χ0n) is 16.4. The number of hydrogen-bond donors (Lipinski definition) is 1. The van der Waals surface area contributed by atoms with Crippen LogP contribution in [0, 0.1) is 0 Å². The summed E-state index contributed by atoms with van der Waals surface area (Å²) in [6.45, 7) is 0. The third kappa shape index (κ3) is 5.86. The fourth-order valence-electron chi connectivity index (χ4n) is 3.39. The molecule has 0 radical (unpaired) electrons. The fraction of sp³-hybridized carbons (Fsp3) is 0.333. The molecule has 4 rings (SSSR count). The van der Waals surface area contributed by atoms with Crippen molar-refractivity contribution < 1.29 is 0 Å². The van der Waals surface area contributed by atoms with Crippen LogP contribution < -0.4 is 0 Å². The maximum absolute atomic E-state index is 4.28. The quantitative estimate of drug-likeness (QED) is 0.162. The van der Waals surface area contributed by atoms with Crippen LogP contribution in [0.5, 0.6) is 0 Å². The molecule has 152 valence electrons. The maximum atomic E-state index is 4.28. The molecule has 5 heteroatoms. The molecule has 4 aromatic rings. The highest BCUT2D eigenvalue weighted by Gasteiger charge is 2.11. The monoisotopic (exact) mass is 474 g/mol. The van der Waals surface area contributed by atoms with Crippen LogP contribution in [0.3, 0.4) is 0 Å². The lowest BCUT2D eigenvalue weighted by Crippen LogP contribution is -1.83. The maximum Gasteiger partial charge on any atom is 0.0449 e. The van der Waals surface area contributed by atoms with Crippen LogP contribution in [-0.4, -0.2) is 5.75 Å². The van der Waals surface area contributed by atoms with Gasteiger partial charge in [-0.2, -0.15) is 12.6 Å². The lowest BCUT2D eigenvalue weighted by atomic mass is 10.1. The van der Waals surface area contributed by atoms with E-state index in [1.54, 1.807) is 0 Å². The summed E-state index contributed by atoms with van der Waals surface area (Å²) < 4.78 is 0. The summed E-state index contributed by atoms with van der Waals surface area (Å²) in [6.07, 6.45) is 9.24. The number of rotatable bonds is 11. The number of thiol groups is 1. The number of aryl methyl sites for hydroxylation is 1. The van der Waals surface area contributed by atoms with Gasteiger partial charge in [-0.25, -0.2) is 0 Å². The molecule has 0 unspecified atom stereocenters. The Hall–Kier alpha value is -0.850. The van der Waals surface area contributed by atoms with Gasteiger partial charge in [0.1, 0.15) is 0 Å². The average Bonchev–Trinajstić information content (AvgIpc) is 3.53. The van der Waals surface area contributed by atoms with Gasteiger partial charge in [0.2, 0.25) is 0 Å². The topological polar surface area (TPSA) is 0 Å². The van der Waals surface area contributed by atoms with E-state index >= 15 is 0 Å². The largest absolute Gasteiger partial charge is 0.179 e. The Morgan fingerprint density at radius 2 is 1.10 bits per heavy atom. The minimum Gasteiger partial charge on any atom is -0.179 e. The molecule has 4 aromatic heterocycles. The zero-order valence-corrected chi connectivity index (χ0v) is 20.6. The van der Waals surface area contributed by atoms with Crippen LogP contribution in [0.15, 0.2) is 53.9 Å². The van der Waals surface area contributed by atoms with Crippen molar-refractivity contribution >= 4 is 58.0 Å². The van der Waals surface area contributed by atoms with E-state index in [1.807, 2.05) is 45.3 Å². The van der Waals surface area contributed by atoms with E-state index in [0.29, 0.717) is 0 Å². The van der Waals surface area contributed by atoms with Crippen LogP contribution in [0.25, 0.3) is 29.3 Å². The predicted molar refractivity (Wildman–Crippen MR) is 140 cm³/mol. The zero-order chi connectivity index (χ0) is 19.9. The Kier molecular flexibility index (Phi) is 8.08. The summed E-state index contributed by atoms with van der Waals surface area (Å²) in [5.74, 6) is 1.03. The molecule has 0 fully saturated rings. The summed E-state index contributed by atoms with van der Waals surface area (Å²) in [6, 6.07) is 18.1. The molecule has 29 heavy (non-hydrogen) atoms. The molecule has 0 N–H and O–H groups in total. The van der Waals surface area contributed by atoms with Gasteiger partial charge in [-0.3, -0.25) is 0 Å². The van der Waals surface area contributed by atoms with Crippen molar-refractivity contribution in [1.82, 2.24) is 0 Å². The standard InChI is InChI=1S/C24H26S5/c25-16-6-4-2-1-3-5-8-18-10-11-21(27-18)22-14-15-24(29-22)23-13-12-20(28-23)19-9-7-17-26-19/h7,9-15,17,25H,1-6,8,16H2. The SMILES string of the molecule is SCCCCCCCCc1ccc(-c2ccc(-c3ccc(-c4cccs4)s3)s2)s1. The van der Waals surface area contributed by atoms with Crippen molar-refractivity contribution in [2.24, 2.45) is 0 Å². The van der Waals surface area contributed by atoms with E-state index in [9.17, 15) is 0 Å². The van der Waals surface area contributed by atoms with E-state index in [-0.39, 0.29) is 0 Å². The summed E-state index contributed by atoms with van der Waals surface area (Å²) in [5, 5.41) is 2.15. The van der Waals surface area contributed by atoms with E-state index in [1.165, 1.54) is 79.1 Å². The van der Waals surface area contributed by atoms with E-state index in [2.05, 4.69) is 66.5 Å². The third-order valence-corrected chi connectivity index (χ3v) is 10.0. The second kappa shape index (κ2) is 11.0. The fourth-order valence-corrected chi connectivity index (χ4v) is 7.69. The molecule has 0 aliphatic rings. The highest BCUT2D eigenvalue weighted by molar-refractivity contribution is 7.80. The van der Waals surface area contributed by atoms with E-state index in [0.717, 1.165) is 5.75 Å². The molecular formula is C24H26S5. The Bertz CT molecular complexity index is 986. The molecular weight excluding hydrogens is 449 g/mol. The van der Waals surface area contributed by atoms with Gasteiger partial charge in [0, 0.05) is 34.1 Å². The Balaban J connectivity index is 1.32. The summed E-state index contributed by atoms with van der Waals surface area (Å²) in [4.78, 5) is 9.83. The van der Waals surface area contributed by atoms with Crippen molar-refractivity contribution in [3.63, 3.8) is 0 Å². The van der Waals surface area contributed by atoms with Crippen molar-refractivity contribution in [3.05, 3.63) is 58.8 Å². The van der Waals surface area contributed by atoms with Gasteiger partial charge >= 0.3 is 0 Å². The van der Waals surface area contributed by atoms with Gasteiger partial charge in [0.05, 0.1) is 0 Å². The molecule has 0 saturated carbocycles. The smallest absolute Gasteiger partial charge is 0.0449 e. The van der Waals surface area contributed by atoms with Gasteiger partial charge in [0.15, 0.2) is 0 Å². The summed E-state index contributed by atoms with van der Waals surface area (Å²) in [5.41, 5.74) is 0. The first-order chi connectivity index (χ1) is 14.3. The molecule has 0 amide bonds.